The number of amides is 1. The summed E-state index contributed by atoms with van der Waals surface area (Å²) in [7, 11) is 1.36. The zero-order valence-corrected chi connectivity index (χ0v) is 16.0. The molecule has 0 bridgehead atoms. The smallest absolute Gasteiger partial charge is 0.411 e. The van der Waals surface area contributed by atoms with Crippen LogP contribution in [0.5, 0.6) is 0 Å². The third-order valence-electron chi connectivity index (χ3n) is 4.41. The Morgan fingerprint density at radius 3 is 2.46 bits per heavy atom. The van der Waals surface area contributed by atoms with Gasteiger partial charge in [-0.3, -0.25) is 5.32 Å². The highest BCUT2D eigenvalue weighted by molar-refractivity contribution is 5.92. The number of aromatic nitrogens is 1. The highest BCUT2D eigenvalue weighted by atomic mass is 16.5. The van der Waals surface area contributed by atoms with Crippen molar-refractivity contribution in [2.24, 2.45) is 0 Å². The van der Waals surface area contributed by atoms with Crippen molar-refractivity contribution in [1.82, 2.24) is 4.98 Å². The lowest BCUT2D eigenvalue weighted by molar-refractivity contribution is 0.0600. The molecule has 6 nitrogen and oxygen atoms in total. The second kappa shape index (κ2) is 8.43. The van der Waals surface area contributed by atoms with Crippen molar-refractivity contribution in [3.05, 3.63) is 77.0 Å². The lowest BCUT2D eigenvalue weighted by atomic mass is 10.1. The summed E-state index contributed by atoms with van der Waals surface area (Å²) in [6.45, 7) is 3.93. The molecule has 0 fully saturated rings. The number of rotatable bonds is 5. The zero-order valence-electron chi connectivity index (χ0n) is 16.0. The molecule has 0 saturated heterocycles. The van der Waals surface area contributed by atoms with Gasteiger partial charge >= 0.3 is 12.1 Å². The summed E-state index contributed by atoms with van der Waals surface area (Å²) in [4.78, 5) is 27.0. The van der Waals surface area contributed by atoms with Crippen molar-refractivity contribution in [2.75, 3.05) is 12.4 Å². The molecule has 1 heterocycles. The molecule has 3 rings (SSSR count). The van der Waals surface area contributed by atoms with E-state index >= 15 is 0 Å². The van der Waals surface area contributed by atoms with Gasteiger partial charge in [0.1, 0.15) is 6.61 Å². The highest BCUT2D eigenvalue weighted by Crippen LogP contribution is 2.26. The van der Waals surface area contributed by atoms with Crippen LogP contribution in [-0.2, 0) is 16.1 Å². The van der Waals surface area contributed by atoms with Gasteiger partial charge < -0.3 is 14.5 Å². The Kier molecular flexibility index (Phi) is 5.79. The Hall–Kier alpha value is -3.54. The molecule has 2 aromatic carbocycles. The topological polar surface area (TPSA) is 80.4 Å². The number of ether oxygens (including phenoxy) is 2. The van der Waals surface area contributed by atoms with Crippen molar-refractivity contribution < 1.29 is 19.1 Å². The fourth-order valence-electron chi connectivity index (χ4n) is 2.88. The molecular weight excluding hydrogens is 356 g/mol. The maximum Gasteiger partial charge on any atom is 0.411 e. The van der Waals surface area contributed by atoms with Gasteiger partial charge in [-0.15, -0.1) is 0 Å². The number of nitrogens with one attached hydrogen (secondary N) is 2. The third kappa shape index (κ3) is 4.40. The Bertz CT molecular complexity index is 993. The molecular formula is C22H22N2O4. The second-order valence-electron chi connectivity index (χ2n) is 6.43. The molecule has 1 amide bonds. The number of benzene rings is 2. The molecule has 2 N–H and O–H groups in total. The summed E-state index contributed by atoms with van der Waals surface area (Å²) in [5.74, 6) is -0.379. The van der Waals surface area contributed by atoms with Crippen molar-refractivity contribution in [3.8, 4) is 11.3 Å². The van der Waals surface area contributed by atoms with E-state index in [1.807, 2.05) is 62.4 Å². The molecule has 28 heavy (non-hydrogen) atoms. The number of esters is 1. The normalized spacial score (nSPS) is 10.4. The molecule has 6 heteroatoms. The van der Waals surface area contributed by atoms with Crippen LogP contribution in [0.1, 0.15) is 27.2 Å². The summed E-state index contributed by atoms with van der Waals surface area (Å²) >= 11 is 0. The van der Waals surface area contributed by atoms with Gasteiger partial charge in [0.25, 0.3) is 0 Å². The molecule has 0 saturated carbocycles. The lowest BCUT2D eigenvalue weighted by Gasteiger charge is -2.10. The molecule has 0 atom stereocenters. The SMILES string of the molecule is COC(=O)c1cc(-c2ccc(NC(=O)OCc3ccccc3)c(C)c2)[nH]c1C. The van der Waals surface area contributed by atoms with Crippen LogP contribution in [0.4, 0.5) is 10.5 Å². The van der Waals surface area contributed by atoms with Crippen LogP contribution in [0.2, 0.25) is 0 Å². The molecule has 0 aliphatic rings. The van der Waals surface area contributed by atoms with Crippen LogP contribution in [0.3, 0.4) is 0 Å². The van der Waals surface area contributed by atoms with Crippen molar-refractivity contribution in [3.63, 3.8) is 0 Å². The van der Waals surface area contributed by atoms with E-state index < -0.39 is 6.09 Å². The van der Waals surface area contributed by atoms with E-state index in [0.717, 1.165) is 28.1 Å². The fourth-order valence-corrected chi connectivity index (χ4v) is 2.88. The molecule has 0 unspecified atom stereocenters. The fraction of sp³-hybridized carbons (Fsp3) is 0.182. The minimum atomic E-state index is -0.511. The molecule has 144 valence electrons. The number of anilines is 1. The van der Waals surface area contributed by atoms with Crippen LogP contribution in [0.15, 0.2) is 54.6 Å². The molecule has 0 aliphatic carbocycles. The first kappa shape index (κ1) is 19.2. The molecule has 1 aromatic heterocycles. The number of aryl methyl sites for hydroxylation is 2. The molecule has 0 spiro atoms. The van der Waals surface area contributed by atoms with Crippen LogP contribution < -0.4 is 5.32 Å². The van der Waals surface area contributed by atoms with Gasteiger partial charge in [-0.25, -0.2) is 9.59 Å². The third-order valence-corrected chi connectivity index (χ3v) is 4.41. The number of aromatic amines is 1. The van der Waals surface area contributed by atoms with E-state index in [2.05, 4.69) is 10.3 Å². The minimum absolute atomic E-state index is 0.210. The number of carbonyl (C=O) groups excluding carboxylic acids is 2. The molecule has 0 radical (unpaired) electrons. The first-order valence-corrected chi connectivity index (χ1v) is 8.84. The summed E-state index contributed by atoms with van der Waals surface area (Å²) in [6.07, 6.45) is -0.511. The van der Waals surface area contributed by atoms with E-state index in [1.54, 1.807) is 6.07 Å². The number of methoxy groups -OCH3 is 1. The van der Waals surface area contributed by atoms with Gasteiger partial charge in [0.05, 0.1) is 12.7 Å². The van der Waals surface area contributed by atoms with Gasteiger partial charge in [0.15, 0.2) is 0 Å². The maximum absolute atomic E-state index is 12.1. The van der Waals surface area contributed by atoms with Crippen LogP contribution >= 0.6 is 0 Å². The standard InChI is InChI=1S/C22H22N2O4/c1-14-11-17(20-12-18(15(2)23-20)21(25)27-3)9-10-19(14)24-22(26)28-13-16-7-5-4-6-8-16/h4-12,23H,13H2,1-3H3,(H,24,26). The first-order valence-electron chi connectivity index (χ1n) is 8.84. The zero-order chi connectivity index (χ0) is 20.1. The van der Waals surface area contributed by atoms with Gasteiger partial charge in [-0.1, -0.05) is 36.4 Å². The van der Waals surface area contributed by atoms with Crippen molar-refractivity contribution in [1.29, 1.82) is 0 Å². The Balaban J connectivity index is 1.69. The van der Waals surface area contributed by atoms with Crippen LogP contribution in [0, 0.1) is 13.8 Å². The average Bonchev–Trinajstić information content (AvgIpc) is 3.10. The number of hydrogen-bond donors (Lipinski definition) is 2. The second-order valence-corrected chi connectivity index (χ2v) is 6.43. The van der Waals surface area contributed by atoms with E-state index in [-0.39, 0.29) is 12.6 Å². The predicted octanol–water partition coefficient (Wildman–Crippen LogP) is 4.83. The summed E-state index contributed by atoms with van der Waals surface area (Å²) in [5, 5.41) is 2.76. The summed E-state index contributed by atoms with van der Waals surface area (Å²) < 4.78 is 10.0. The number of H-pyrrole nitrogens is 1. The van der Waals surface area contributed by atoms with Crippen molar-refractivity contribution >= 4 is 17.7 Å². The first-order chi connectivity index (χ1) is 13.5. The van der Waals surface area contributed by atoms with Gasteiger partial charge in [0, 0.05) is 17.1 Å². The predicted molar refractivity (Wildman–Crippen MR) is 107 cm³/mol. The maximum atomic E-state index is 12.1. The Morgan fingerprint density at radius 2 is 1.79 bits per heavy atom. The molecule has 0 aliphatic heterocycles. The van der Waals surface area contributed by atoms with Crippen LogP contribution in [0.25, 0.3) is 11.3 Å². The monoisotopic (exact) mass is 378 g/mol. The summed E-state index contributed by atoms with van der Waals surface area (Å²) in [6, 6.07) is 16.9. The molecule has 3 aromatic rings. The van der Waals surface area contributed by atoms with E-state index in [9.17, 15) is 9.59 Å². The average molecular weight is 378 g/mol. The van der Waals surface area contributed by atoms with Gasteiger partial charge in [-0.2, -0.15) is 0 Å². The largest absolute Gasteiger partial charge is 0.465 e. The quantitative estimate of drug-likeness (QED) is 0.623. The Morgan fingerprint density at radius 1 is 1.04 bits per heavy atom. The minimum Gasteiger partial charge on any atom is -0.465 e. The van der Waals surface area contributed by atoms with E-state index in [4.69, 9.17) is 9.47 Å². The van der Waals surface area contributed by atoms with E-state index in [1.165, 1.54) is 7.11 Å². The summed E-state index contributed by atoms with van der Waals surface area (Å²) in [5.41, 5.74) is 5.42. The van der Waals surface area contributed by atoms with Gasteiger partial charge in [0.2, 0.25) is 0 Å². The number of carbonyl (C=O) groups is 2. The van der Waals surface area contributed by atoms with E-state index in [0.29, 0.717) is 11.3 Å². The highest BCUT2D eigenvalue weighted by Gasteiger charge is 2.14. The lowest BCUT2D eigenvalue weighted by Crippen LogP contribution is -2.14. The Labute approximate surface area is 163 Å². The number of hydrogen-bond acceptors (Lipinski definition) is 4. The van der Waals surface area contributed by atoms with Crippen molar-refractivity contribution in [2.45, 2.75) is 20.5 Å². The van der Waals surface area contributed by atoms with Crippen LogP contribution in [-0.4, -0.2) is 24.2 Å². The van der Waals surface area contributed by atoms with Gasteiger partial charge in [-0.05, 0) is 48.7 Å².